The van der Waals surface area contributed by atoms with Gasteiger partial charge in [0.15, 0.2) is 0 Å². The maximum Gasteiger partial charge on any atom is 0.329 e. The number of carboxylic acids is 1. The lowest BCUT2D eigenvalue weighted by Gasteiger charge is -2.38. The first-order valence-corrected chi connectivity index (χ1v) is 9.99. The number of carbonyl (C=O) groups excluding carboxylic acids is 1. The number of carboxylic acid groups (broad SMARTS) is 1. The predicted molar refractivity (Wildman–Crippen MR) is 85.3 cm³/mol. The highest BCUT2D eigenvalue weighted by Crippen LogP contribution is 2.33. The normalized spacial score (nSPS) is 30.8. The first-order valence-electron chi connectivity index (χ1n) is 8.14. The average molecular weight is 346 g/mol. The van der Waals surface area contributed by atoms with Gasteiger partial charge in [-0.3, -0.25) is 4.79 Å². The van der Waals surface area contributed by atoms with E-state index in [-0.39, 0.29) is 11.8 Å². The van der Waals surface area contributed by atoms with Gasteiger partial charge in [0, 0.05) is 19.0 Å². The Morgan fingerprint density at radius 1 is 1.13 bits per heavy atom. The number of nitrogens with one attached hydrogen (secondary N) is 1. The number of sulfonamides is 1. The van der Waals surface area contributed by atoms with E-state index in [1.807, 2.05) is 0 Å². The second kappa shape index (κ2) is 6.76. The van der Waals surface area contributed by atoms with E-state index in [1.54, 1.807) is 0 Å². The summed E-state index contributed by atoms with van der Waals surface area (Å²) in [6.45, 7) is 2.72. The van der Waals surface area contributed by atoms with Crippen molar-refractivity contribution in [1.82, 2.24) is 9.62 Å². The van der Waals surface area contributed by atoms with Crippen LogP contribution in [0.2, 0.25) is 0 Å². The third-order valence-electron chi connectivity index (χ3n) is 5.19. The van der Waals surface area contributed by atoms with E-state index in [0.29, 0.717) is 44.7 Å². The largest absolute Gasteiger partial charge is 0.480 e. The van der Waals surface area contributed by atoms with E-state index in [4.69, 9.17) is 0 Å². The highest BCUT2D eigenvalue weighted by atomic mass is 32.2. The smallest absolute Gasteiger partial charge is 0.329 e. The van der Waals surface area contributed by atoms with Crippen molar-refractivity contribution >= 4 is 21.9 Å². The van der Waals surface area contributed by atoms with Crippen LogP contribution in [0.4, 0.5) is 0 Å². The van der Waals surface area contributed by atoms with E-state index in [2.05, 4.69) is 12.2 Å². The molecule has 2 rings (SSSR count). The molecule has 1 saturated heterocycles. The minimum atomic E-state index is -3.23. The number of piperidine rings is 1. The molecule has 132 valence electrons. The zero-order valence-corrected chi connectivity index (χ0v) is 14.6. The lowest BCUT2D eigenvalue weighted by molar-refractivity contribution is -0.150. The summed E-state index contributed by atoms with van der Waals surface area (Å²) in [7, 11) is -3.23. The molecule has 0 radical (unpaired) electrons. The van der Waals surface area contributed by atoms with Gasteiger partial charge in [0.1, 0.15) is 5.54 Å². The quantitative estimate of drug-likeness (QED) is 0.784. The van der Waals surface area contributed by atoms with Crippen molar-refractivity contribution in [3.8, 4) is 0 Å². The van der Waals surface area contributed by atoms with Gasteiger partial charge in [-0.25, -0.2) is 17.5 Å². The Kier molecular flexibility index (Phi) is 5.35. The number of nitrogens with zero attached hydrogens (tertiary/aromatic N) is 1. The Bertz CT molecular complexity index is 558. The molecule has 2 N–H and O–H groups in total. The Morgan fingerprint density at radius 3 is 2.09 bits per heavy atom. The summed E-state index contributed by atoms with van der Waals surface area (Å²) in [5.74, 6) is -1.05. The van der Waals surface area contributed by atoms with Gasteiger partial charge in [-0.05, 0) is 44.4 Å². The molecule has 8 heteroatoms. The van der Waals surface area contributed by atoms with Crippen molar-refractivity contribution in [3.63, 3.8) is 0 Å². The van der Waals surface area contributed by atoms with Gasteiger partial charge in [-0.2, -0.15) is 0 Å². The highest BCUT2D eigenvalue weighted by Gasteiger charge is 2.43. The third-order valence-corrected chi connectivity index (χ3v) is 6.50. The van der Waals surface area contributed by atoms with E-state index in [0.717, 1.165) is 19.1 Å². The van der Waals surface area contributed by atoms with Crippen LogP contribution in [0.15, 0.2) is 0 Å². The number of rotatable bonds is 4. The first-order chi connectivity index (χ1) is 10.6. The van der Waals surface area contributed by atoms with Gasteiger partial charge in [0.25, 0.3) is 0 Å². The molecule has 7 nitrogen and oxygen atoms in total. The van der Waals surface area contributed by atoms with E-state index < -0.39 is 21.5 Å². The van der Waals surface area contributed by atoms with Crippen LogP contribution < -0.4 is 5.32 Å². The summed E-state index contributed by atoms with van der Waals surface area (Å²) >= 11 is 0. The van der Waals surface area contributed by atoms with Crippen molar-refractivity contribution in [1.29, 1.82) is 0 Å². The second-order valence-electron chi connectivity index (χ2n) is 7.00. The van der Waals surface area contributed by atoms with Crippen LogP contribution in [0, 0.1) is 11.8 Å². The topological polar surface area (TPSA) is 104 Å². The van der Waals surface area contributed by atoms with Gasteiger partial charge in [0.05, 0.1) is 6.26 Å². The van der Waals surface area contributed by atoms with Crippen LogP contribution in [-0.2, 0) is 19.6 Å². The molecule has 0 bridgehead atoms. The number of amides is 1. The van der Waals surface area contributed by atoms with E-state index in [9.17, 15) is 23.1 Å². The molecular weight excluding hydrogens is 320 g/mol. The van der Waals surface area contributed by atoms with Gasteiger partial charge in [-0.15, -0.1) is 0 Å². The molecule has 0 unspecified atom stereocenters. The van der Waals surface area contributed by atoms with Crippen LogP contribution in [0.5, 0.6) is 0 Å². The van der Waals surface area contributed by atoms with Crippen LogP contribution in [0.1, 0.15) is 45.4 Å². The maximum absolute atomic E-state index is 12.5. The standard InChI is InChI=1S/C15H26N2O5S/c1-11-3-7-15(8-4-11,14(19)20)16-13(18)12-5-9-17(10-6-12)23(2,21)22/h11-12H,3-10H2,1-2H3,(H,16,18)(H,19,20). The predicted octanol–water partition coefficient (Wildman–Crippen LogP) is 0.808. The zero-order chi connectivity index (χ0) is 17.3. The first kappa shape index (κ1) is 18.2. The van der Waals surface area contributed by atoms with Gasteiger partial charge in [0.2, 0.25) is 15.9 Å². The monoisotopic (exact) mass is 346 g/mol. The number of carbonyl (C=O) groups is 2. The third kappa shape index (κ3) is 4.23. The van der Waals surface area contributed by atoms with Gasteiger partial charge >= 0.3 is 5.97 Å². The molecule has 0 atom stereocenters. The summed E-state index contributed by atoms with van der Waals surface area (Å²) < 4.78 is 24.4. The molecule has 0 spiro atoms. The Morgan fingerprint density at radius 2 is 1.65 bits per heavy atom. The Balaban J connectivity index is 1.97. The molecule has 0 aromatic heterocycles. The summed E-state index contributed by atoms with van der Waals surface area (Å²) in [6.07, 6.45) is 4.53. The second-order valence-corrected chi connectivity index (χ2v) is 8.98. The molecule has 1 amide bonds. The summed E-state index contributed by atoms with van der Waals surface area (Å²) in [6, 6.07) is 0. The average Bonchev–Trinajstić information content (AvgIpc) is 2.49. The molecule has 23 heavy (non-hydrogen) atoms. The molecule has 1 aliphatic carbocycles. The molecule has 1 saturated carbocycles. The molecule has 2 fully saturated rings. The van der Waals surface area contributed by atoms with Gasteiger partial charge in [-0.1, -0.05) is 6.92 Å². The fraction of sp³-hybridized carbons (Fsp3) is 0.867. The number of hydrogen-bond acceptors (Lipinski definition) is 4. The van der Waals surface area contributed by atoms with Crippen molar-refractivity contribution in [2.75, 3.05) is 19.3 Å². The molecule has 1 aliphatic heterocycles. The van der Waals surface area contributed by atoms with Crippen molar-refractivity contribution in [2.45, 2.75) is 51.0 Å². The van der Waals surface area contributed by atoms with Crippen LogP contribution >= 0.6 is 0 Å². The minimum absolute atomic E-state index is 0.255. The fourth-order valence-corrected chi connectivity index (χ4v) is 4.31. The van der Waals surface area contributed by atoms with Crippen LogP contribution in [0.25, 0.3) is 0 Å². The molecule has 2 aliphatic rings. The summed E-state index contributed by atoms with van der Waals surface area (Å²) in [5, 5.41) is 12.3. The summed E-state index contributed by atoms with van der Waals surface area (Å²) in [4.78, 5) is 24.2. The lowest BCUT2D eigenvalue weighted by atomic mass is 9.76. The van der Waals surface area contributed by atoms with Crippen LogP contribution in [0.3, 0.4) is 0 Å². The Labute approximate surface area is 137 Å². The minimum Gasteiger partial charge on any atom is -0.480 e. The SMILES string of the molecule is CC1CCC(NC(=O)C2CCN(S(C)(=O)=O)CC2)(C(=O)O)CC1. The van der Waals surface area contributed by atoms with E-state index >= 15 is 0 Å². The lowest BCUT2D eigenvalue weighted by Crippen LogP contribution is -2.58. The fourth-order valence-electron chi connectivity index (χ4n) is 3.43. The number of hydrogen-bond donors (Lipinski definition) is 2. The molecular formula is C15H26N2O5S. The zero-order valence-electron chi connectivity index (χ0n) is 13.7. The molecule has 1 heterocycles. The number of aliphatic carboxylic acids is 1. The van der Waals surface area contributed by atoms with Crippen molar-refractivity contribution in [2.24, 2.45) is 11.8 Å². The molecule has 0 aromatic rings. The van der Waals surface area contributed by atoms with Crippen molar-refractivity contribution in [3.05, 3.63) is 0 Å². The maximum atomic E-state index is 12.5. The Hall–Kier alpha value is -1.15. The molecule has 0 aromatic carbocycles. The van der Waals surface area contributed by atoms with Gasteiger partial charge < -0.3 is 10.4 Å². The highest BCUT2D eigenvalue weighted by molar-refractivity contribution is 7.88. The summed E-state index contributed by atoms with van der Waals surface area (Å²) in [5.41, 5.74) is -1.16. The van der Waals surface area contributed by atoms with E-state index in [1.165, 1.54) is 4.31 Å². The van der Waals surface area contributed by atoms with Crippen LogP contribution in [-0.4, -0.2) is 54.6 Å². The van der Waals surface area contributed by atoms with Crippen molar-refractivity contribution < 1.29 is 23.1 Å².